The molecule has 1 aliphatic heterocycles. The molecule has 2 heterocycles. The van der Waals surface area contributed by atoms with Crippen molar-refractivity contribution < 1.29 is 0 Å². The number of nitrogens with one attached hydrogen (secondary N) is 1. The Hall–Kier alpha value is -0.380. The zero-order valence-corrected chi connectivity index (χ0v) is 7.24. The third kappa shape index (κ3) is 1.61. The normalized spacial score (nSPS) is 13.9. The highest BCUT2D eigenvalue weighted by atomic mass is 35.5. The van der Waals surface area contributed by atoms with Gasteiger partial charge in [0.2, 0.25) is 5.28 Å². The quantitative estimate of drug-likeness (QED) is 0.626. The first kappa shape index (κ1) is 8.71. The van der Waals surface area contributed by atoms with Crippen LogP contribution in [0.4, 0.5) is 0 Å². The fourth-order valence-electron chi connectivity index (χ4n) is 1.03. The topological polar surface area (TPSA) is 37.8 Å². The van der Waals surface area contributed by atoms with Crippen LogP contribution in [0.25, 0.3) is 0 Å². The minimum absolute atomic E-state index is 0. The molecule has 11 heavy (non-hydrogen) atoms. The molecule has 0 amide bonds. The predicted molar refractivity (Wildman–Crippen MR) is 44.8 cm³/mol. The summed E-state index contributed by atoms with van der Waals surface area (Å²) >= 11 is 5.57. The van der Waals surface area contributed by atoms with Gasteiger partial charge in [0.25, 0.3) is 0 Å². The number of nitrogens with zero attached hydrogens (tertiary/aromatic N) is 2. The smallest absolute Gasteiger partial charge is 0.222 e. The standard InChI is InChI=1S/C6H6ClN3.ClH/c7-6-9-2-4-1-8-3-5(4)10-6;/h2,8H,1,3H2;1H. The summed E-state index contributed by atoms with van der Waals surface area (Å²) in [5.74, 6) is 0. The van der Waals surface area contributed by atoms with Crippen molar-refractivity contribution in [3.05, 3.63) is 22.7 Å². The second-order valence-electron chi connectivity index (χ2n) is 2.21. The maximum absolute atomic E-state index is 5.57. The lowest BCUT2D eigenvalue weighted by molar-refractivity contribution is 0.757. The van der Waals surface area contributed by atoms with Crippen LogP contribution in [0.15, 0.2) is 6.20 Å². The van der Waals surface area contributed by atoms with E-state index in [1.54, 1.807) is 6.20 Å². The van der Waals surface area contributed by atoms with Gasteiger partial charge in [-0.2, -0.15) is 0 Å². The van der Waals surface area contributed by atoms with E-state index in [0.29, 0.717) is 5.28 Å². The minimum Gasteiger partial charge on any atom is -0.307 e. The summed E-state index contributed by atoms with van der Waals surface area (Å²) in [7, 11) is 0. The van der Waals surface area contributed by atoms with E-state index in [1.807, 2.05) is 0 Å². The third-order valence-electron chi connectivity index (χ3n) is 1.53. The van der Waals surface area contributed by atoms with Crippen LogP contribution in [0.5, 0.6) is 0 Å². The molecule has 5 heteroatoms. The predicted octanol–water partition coefficient (Wildman–Crippen LogP) is 1.15. The molecule has 1 aliphatic rings. The zero-order valence-electron chi connectivity index (χ0n) is 5.67. The first-order valence-electron chi connectivity index (χ1n) is 3.07. The monoisotopic (exact) mass is 191 g/mol. The van der Waals surface area contributed by atoms with Crippen molar-refractivity contribution in [1.82, 2.24) is 15.3 Å². The van der Waals surface area contributed by atoms with Crippen LogP contribution in [0, 0.1) is 0 Å². The molecule has 1 aromatic heterocycles. The summed E-state index contributed by atoms with van der Waals surface area (Å²) in [6, 6.07) is 0. The van der Waals surface area contributed by atoms with E-state index in [2.05, 4.69) is 15.3 Å². The van der Waals surface area contributed by atoms with Crippen molar-refractivity contribution in [3.8, 4) is 0 Å². The Morgan fingerprint density at radius 3 is 3.09 bits per heavy atom. The van der Waals surface area contributed by atoms with Crippen LogP contribution in [-0.4, -0.2) is 9.97 Å². The molecule has 0 spiro atoms. The van der Waals surface area contributed by atoms with Gasteiger partial charge in [-0.05, 0) is 11.6 Å². The maximum atomic E-state index is 5.57. The second-order valence-corrected chi connectivity index (χ2v) is 2.55. The van der Waals surface area contributed by atoms with Gasteiger partial charge in [0.15, 0.2) is 0 Å². The van der Waals surface area contributed by atoms with Gasteiger partial charge in [-0.15, -0.1) is 12.4 Å². The summed E-state index contributed by atoms with van der Waals surface area (Å²) in [4.78, 5) is 7.91. The first-order valence-corrected chi connectivity index (χ1v) is 3.45. The number of fused-ring (bicyclic) bond motifs is 1. The van der Waals surface area contributed by atoms with E-state index in [-0.39, 0.29) is 12.4 Å². The molecule has 1 aromatic rings. The Balaban J connectivity index is 0.000000605. The number of halogens is 2. The van der Waals surface area contributed by atoms with Gasteiger partial charge in [0, 0.05) is 24.8 Å². The average Bonchev–Trinajstić information content (AvgIpc) is 2.33. The van der Waals surface area contributed by atoms with Crippen LogP contribution in [-0.2, 0) is 13.1 Å². The van der Waals surface area contributed by atoms with Gasteiger partial charge < -0.3 is 5.32 Å². The van der Waals surface area contributed by atoms with E-state index in [0.717, 1.165) is 24.3 Å². The summed E-state index contributed by atoms with van der Waals surface area (Å²) < 4.78 is 0. The van der Waals surface area contributed by atoms with E-state index >= 15 is 0 Å². The van der Waals surface area contributed by atoms with E-state index < -0.39 is 0 Å². The number of rotatable bonds is 0. The fourth-order valence-corrected chi connectivity index (χ4v) is 1.18. The Kier molecular flexibility index (Phi) is 2.65. The molecule has 60 valence electrons. The molecule has 2 rings (SSSR count). The molecule has 1 N–H and O–H groups in total. The lowest BCUT2D eigenvalue weighted by atomic mass is 10.3. The zero-order chi connectivity index (χ0) is 6.97. The Labute approximate surface area is 75.6 Å². The minimum atomic E-state index is 0. The second kappa shape index (κ2) is 3.34. The summed E-state index contributed by atoms with van der Waals surface area (Å²) in [6.45, 7) is 1.68. The lowest BCUT2D eigenvalue weighted by Crippen LogP contribution is -2.00. The molecule has 0 atom stereocenters. The van der Waals surface area contributed by atoms with E-state index in [1.165, 1.54) is 0 Å². The van der Waals surface area contributed by atoms with Gasteiger partial charge in [0.05, 0.1) is 5.69 Å². The molecule has 0 fully saturated rings. The third-order valence-corrected chi connectivity index (χ3v) is 1.71. The van der Waals surface area contributed by atoms with Crippen molar-refractivity contribution in [3.63, 3.8) is 0 Å². The lowest BCUT2D eigenvalue weighted by Gasteiger charge is -1.93. The SMILES string of the molecule is Cl.Clc1ncc2c(n1)CNC2. The van der Waals surface area contributed by atoms with Gasteiger partial charge in [-0.25, -0.2) is 9.97 Å². The molecule has 0 aliphatic carbocycles. The average molecular weight is 192 g/mol. The van der Waals surface area contributed by atoms with Crippen LogP contribution >= 0.6 is 24.0 Å². The Morgan fingerprint density at radius 2 is 2.27 bits per heavy atom. The van der Waals surface area contributed by atoms with Crippen molar-refractivity contribution in [2.24, 2.45) is 0 Å². The van der Waals surface area contributed by atoms with Gasteiger partial charge in [-0.3, -0.25) is 0 Å². The maximum Gasteiger partial charge on any atom is 0.222 e. The molecule has 0 aromatic carbocycles. The largest absolute Gasteiger partial charge is 0.307 e. The van der Waals surface area contributed by atoms with Crippen molar-refractivity contribution in [1.29, 1.82) is 0 Å². The molecule has 0 unspecified atom stereocenters. The van der Waals surface area contributed by atoms with Crippen molar-refractivity contribution in [2.75, 3.05) is 0 Å². The van der Waals surface area contributed by atoms with Crippen LogP contribution < -0.4 is 5.32 Å². The van der Waals surface area contributed by atoms with Gasteiger partial charge in [0.1, 0.15) is 0 Å². The summed E-state index contributed by atoms with van der Waals surface area (Å²) in [6.07, 6.45) is 1.77. The van der Waals surface area contributed by atoms with Crippen LogP contribution in [0.3, 0.4) is 0 Å². The highest BCUT2D eigenvalue weighted by molar-refractivity contribution is 6.28. The summed E-state index contributed by atoms with van der Waals surface area (Å²) in [5, 5.41) is 3.49. The molecular weight excluding hydrogens is 185 g/mol. The molecule has 0 radical (unpaired) electrons. The van der Waals surface area contributed by atoms with Crippen LogP contribution in [0.1, 0.15) is 11.3 Å². The fraction of sp³-hybridized carbons (Fsp3) is 0.333. The number of aromatic nitrogens is 2. The van der Waals surface area contributed by atoms with Crippen molar-refractivity contribution in [2.45, 2.75) is 13.1 Å². The van der Waals surface area contributed by atoms with Crippen molar-refractivity contribution >= 4 is 24.0 Å². The molecule has 0 saturated carbocycles. The number of hydrogen-bond acceptors (Lipinski definition) is 3. The molecule has 3 nitrogen and oxygen atoms in total. The molecule has 0 saturated heterocycles. The highest BCUT2D eigenvalue weighted by Crippen LogP contribution is 2.12. The Morgan fingerprint density at radius 1 is 1.45 bits per heavy atom. The molecular formula is C6H7Cl2N3. The van der Waals surface area contributed by atoms with Crippen LogP contribution in [0.2, 0.25) is 5.28 Å². The van der Waals surface area contributed by atoms with E-state index in [4.69, 9.17) is 11.6 Å². The van der Waals surface area contributed by atoms with E-state index in [9.17, 15) is 0 Å². The van der Waals surface area contributed by atoms with Gasteiger partial charge >= 0.3 is 0 Å². The first-order chi connectivity index (χ1) is 4.86. The highest BCUT2D eigenvalue weighted by Gasteiger charge is 2.11. The van der Waals surface area contributed by atoms with Gasteiger partial charge in [-0.1, -0.05) is 0 Å². The Bertz CT molecular complexity index is 264. The summed E-state index contributed by atoms with van der Waals surface area (Å²) in [5.41, 5.74) is 2.18. The number of hydrogen-bond donors (Lipinski definition) is 1. The molecule has 0 bridgehead atoms.